The number of carbonyl (C=O) groups excluding carboxylic acids is 1. The van der Waals surface area contributed by atoms with Crippen molar-refractivity contribution in [2.45, 2.75) is 32.2 Å². The van der Waals surface area contributed by atoms with Crippen molar-refractivity contribution in [2.24, 2.45) is 0 Å². The van der Waals surface area contributed by atoms with E-state index >= 15 is 0 Å². The zero-order chi connectivity index (χ0) is 14.8. The SMILES string of the molecule is C[C@H](NC(=O)c1ccccc1Cl)c1ccc2c(c1)CCC2. The number of rotatable bonds is 3. The molecule has 0 saturated carbocycles. The van der Waals surface area contributed by atoms with E-state index in [0.29, 0.717) is 10.6 Å². The molecular formula is C18H18ClNO. The van der Waals surface area contributed by atoms with Gasteiger partial charge in [0.05, 0.1) is 16.6 Å². The van der Waals surface area contributed by atoms with E-state index in [1.807, 2.05) is 19.1 Å². The van der Waals surface area contributed by atoms with Crippen LogP contribution in [0.2, 0.25) is 5.02 Å². The highest BCUT2D eigenvalue weighted by Gasteiger charge is 2.16. The van der Waals surface area contributed by atoms with Crippen LogP contribution in [-0.2, 0) is 12.8 Å². The van der Waals surface area contributed by atoms with Crippen molar-refractivity contribution in [3.05, 3.63) is 69.7 Å². The summed E-state index contributed by atoms with van der Waals surface area (Å²) in [6.07, 6.45) is 3.56. The lowest BCUT2D eigenvalue weighted by Gasteiger charge is -2.16. The summed E-state index contributed by atoms with van der Waals surface area (Å²) in [5.41, 5.74) is 4.54. The maximum absolute atomic E-state index is 12.3. The monoisotopic (exact) mass is 299 g/mol. The number of benzene rings is 2. The van der Waals surface area contributed by atoms with Crippen molar-refractivity contribution < 1.29 is 4.79 Å². The molecule has 1 amide bonds. The van der Waals surface area contributed by atoms with E-state index in [9.17, 15) is 4.79 Å². The fourth-order valence-electron chi connectivity index (χ4n) is 2.86. The van der Waals surface area contributed by atoms with Gasteiger partial charge in [-0.3, -0.25) is 4.79 Å². The number of fused-ring (bicyclic) bond motifs is 1. The molecule has 0 aromatic heterocycles. The van der Waals surface area contributed by atoms with E-state index in [0.717, 1.165) is 12.0 Å². The molecule has 21 heavy (non-hydrogen) atoms. The smallest absolute Gasteiger partial charge is 0.253 e. The number of hydrogen-bond donors (Lipinski definition) is 1. The van der Waals surface area contributed by atoms with E-state index in [2.05, 4.69) is 23.5 Å². The molecular weight excluding hydrogens is 282 g/mol. The van der Waals surface area contributed by atoms with E-state index in [-0.39, 0.29) is 11.9 Å². The third-order valence-corrected chi connectivity index (χ3v) is 4.42. The Morgan fingerprint density at radius 1 is 1.14 bits per heavy atom. The van der Waals surface area contributed by atoms with E-state index in [1.54, 1.807) is 12.1 Å². The molecule has 0 unspecified atom stereocenters. The number of halogens is 1. The normalized spacial score (nSPS) is 14.6. The number of amides is 1. The molecule has 0 saturated heterocycles. The van der Waals surface area contributed by atoms with Gasteiger partial charge in [0.2, 0.25) is 0 Å². The van der Waals surface area contributed by atoms with Gasteiger partial charge in [0.1, 0.15) is 0 Å². The number of aryl methyl sites for hydroxylation is 2. The second-order valence-corrected chi connectivity index (χ2v) is 5.96. The minimum Gasteiger partial charge on any atom is -0.345 e. The quantitative estimate of drug-likeness (QED) is 0.898. The first-order chi connectivity index (χ1) is 10.1. The second kappa shape index (κ2) is 5.90. The van der Waals surface area contributed by atoms with Gasteiger partial charge in [0, 0.05) is 0 Å². The van der Waals surface area contributed by atoms with E-state index < -0.39 is 0 Å². The van der Waals surface area contributed by atoms with Gasteiger partial charge in [-0.25, -0.2) is 0 Å². The summed E-state index contributed by atoms with van der Waals surface area (Å²) in [6, 6.07) is 13.6. The van der Waals surface area contributed by atoms with Crippen molar-refractivity contribution in [2.75, 3.05) is 0 Å². The predicted molar refractivity (Wildman–Crippen MR) is 85.8 cm³/mol. The Labute approximate surface area is 130 Å². The molecule has 1 aliphatic carbocycles. The lowest BCUT2D eigenvalue weighted by atomic mass is 10.0. The molecule has 0 heterocycles. The zero-order valence-corrected chi connectivity index (χ0v) is 12.8. The molecule has 2 aromatic carbocycles. The molecule has 0 fully saturated rings. The summed E-state index contributed by atoms with van der Waals surface area (Å²) in [5, 5.41) is 3.50. The molecule has 108 valence electrons. The molecule has 1 atom stereocenters. The Hall–Kier alpha value is -1.80. The summed E-state index contributed by atoms with van der Waals surface area (Å²) in [6.45, 7) is 2.01. The van der Waals surface area contributed by atoms with Gasteiger partial charge in [0.15, 0.2) is 0 Å². The van der Waals surface area contributed by atoms with Crippen molar-refractivity contribution in [3.63, 3.8) is 0 Å². The molecule has 3 heteroatoms. The van der Waals surface area contributed by atoms with Crippen LogP contribution in [-0.4, -0.2) is 5.91 Å². The summed E-state index contributed by atoms with van der Waals surface area (Å²) >= 11 is 6.06. The van der Waals surface area contributed by atoms with Gasteiger partial charge in [-0.15, -0.1) is 0 Å². The van der Waals surface area contributed by atoms with Crippen molar-refractivity contribution in [3.8, 4) is 0 Å². The standard InChI is InChI=1S/C18H18ClNO/c1-12(14-10-9-13-5-4-6-15(13)11-14)20-18(21)16-7-2-3-8-17(16)19/h2-3,7-12H,4-6H2,1H3,(H,20,21)/t12-/m0/s1. The number of carbonyl (C=O) groups is 1. The molecule has 0 radical (unpaired) electrons. The first kappa shape index (κ1) is 14.2. The largest absolute Gasteiger partial charge is 0.345 e. The summed E-state index contributed by atoms with van der Waals surface area (Å²) in [7, 11) is 0. The average Bonchev–Trinajstić information content (AvgIpc) is 2.94. The minimum absolute atomic E-state index is 0.0281. The molecule has 1 N–H and O–H groups in total. The highest BCUT2D eigenvalue weighted by atomic mass is 35.5. The summed E-state index contributed by atoms with van der Waals surface area (Å²) in [4.78, 5) is 12.3. The Morgan fingerprint density at radius 2 is 1.90 bits per heavy atom. The lowest BCUT2D eigenvalue weighted by molar-refractivity contribution is 0.0940. The van der Waals surface area contributed by atoms with Crippen LogP contribution in [0, 0.1) is 0 Å². The molecule has 2 nitrogen and oxygen atoms in total. The fraction of sp³-hybridized carbons (Fsp3) is 0.278. The van der Waals surface area contributed by atoms with Gasteiger partial charge in [-0.05, 0) is 55.0 Å². The van der Waals surface area contributed by atoms with Crippen molar-refractivity contribution in [1.29, 1.82) is 0 Å². The van der Waals surface area contributed by atoms with Crippen molar-refractivity contribution >= 4 is 17.5 Å². The van der Waals surface area contributed by atoms with Crippen LogP contribution in [0.3, 0.4) is 0 Å². The predicted octanol–water partition coefficient (Wildman–Crippen LogP) is 4.32. The third-order valence-electron chi connectivity index (χ3n) is 4.09. The Bertz CT molecular complexity index is 681. The maximum Gasteiger partial charge on any atom is 0.253 e. The minimum atomic E-state index is -0.131. The average molecular weight is 300 g/mol. The fourth-order valence-corrected chi connectivity index (χ4v) is 3.09. The van der Waals surface area contributed by atoms with Crippen LogP contribution in [0.25, 0.3) is 0 Å². The van der Waals surface area contributed by atoms with Crippen LogP contribution in [0.5, 0.6) is 0 Å². The van der Waals surface area contributed by atoms with Crippen LogP contribution in [0.4, 0.5) is 0 Å². The molecule has 1 aliphatic rings. The van der Waals surface area contributed by atoms with Gasteiger partial charge in [0.25, 0.3) is 5.91 Å². The van der Waals surface area contributed by atoms with Gasteiger partial charge in [-0.1, -0.05) is 41.9 Å². The molecule has 0 aliphatic heterocycles. The highest BCUT2D eigenvalue weighted by molar-refractivity contribution is 6.33. The first-order valence-corrected chi connectivity index (χ1v) is 7.70. The Kier molecular flexibility index (Phi) is 3.98. The van der Waals surface area contributed by atoms with E-state index in [4.69, 9.17) is 11.6 Å². The lowest BCUT2D eigenvalue weighted by Crippen LogP contribution is -2.26. The summed E-state index contributed by atoms with van der Waals surface area (Å²) in [5.74, 6) is -0.131. The maximum atomic E-state index is 12.3. The molecule has 0 spiro atoms. The van der Waals surface area contributed by atoms with Crippen LogP contribution in [0.15, 0.2) is 42.5 Å². The number of hydrogen-bond acceptors (Lipinski definition) is 1. The topological polar surface area (TPSA) is 29.1 Å². The summed E-state index contributed by atoms with van der Waals surface area (Å²) < 4.78 is 0. The first-order valence-electron chi connectivity index (χ1n) is 7.32. The zero-order valence-electron chi connectivity index (χ0n) is 12.0. The Morgan fingerprint density at radius 3 is 2.71 bits per heavy atom. The molecule has 0 bridgehead atoms. The second-order valence-electron chi connectivity index (χ2n) is 5.56. The molecule has 3 rings (SSSR count). The number of nitrogens with one attached hydrogen (secondary N) is 1. The van der Waals surface area contributed by atoms with Crippen LogP contribution < -0.4 is 5.32 Å². The van der Waals surface area contributed by atoms with Crippen molar-refractivity contribution in [1.82, 2.24) is 5.32 Å². The van der Waals surface area contributed by atoms with Gasteiger partial charge in [-0.2, -0.15) is 0 Å². The molecule has 2 aromatic rings. The highest BCUT2D eigenvalue weighted by Crippen LogP contribution is 2.25. The van der Waals surface area contributed by atoms with Gasteiger partial charge < -0.3 is 5.32 Å². The van der Waals surface area contributed by atoms with Gasteiger partial charge >= 0.3 is 0 Å². The van der Waals surface area contributed by atoms with E-state index in [1.165, 1.54) is 24.0 Å². The van der Waals surface area contributed by atoms with Crippen LogP contribution >= 0.6 is 11.6 Å². The Balaban J connectivity index is 1.76. The van der Waals surface area contributed by atoms with Crippen LogP contribution in [0.1, 0.15) is 46.4 Å². The third kappa shape index (κ3) is 2.96.